The molecule has 0 atom stereocenters. The lowest BCUT2D eigenvalue weighted by atomic mass is 10.1. The summed E-state index contributed by atoms with van der Waals surface area (Å²) in [5, 5.41) is 2.86. The first kappa shape index (κ1) is 28.3. The highest BCUT2D eigenvalue weighted by atomic mass is 32.2. The van der Waals surface area contributed by atoms with Crippen molar-refractivity contribution in [1.29, 1.82) is 0 Å². The highest BCUT2D eigenvalue weighted by Crippen LogP contribution is 2.22. The van der Waals surface area contributed by atoms with Gasteiger partial charge in [-0.1, -0.05) is 30.3 Å². The number of aromatic nitrogens is 2. The summed E-state index contributed by atoms with van der Waals surface area (Å²) >= 11 is 0. The number of imidazole rings is 1. The Balaban J connectivity index is 1.06. The first-order chi connectivity index (χ1) is 19.9. The van der Waals surface area contributed by atoms with E-state index >= 15 is 0 Å². The van der Waals surface area contributed by atoms with E-state index in [2.05, 4.69) is 19.9 Å². The number of hydrogen-bond donors (Lipinski definition) is 2. The molecule has 0 spiro atoms. The van der Waals surface area contributed by atoms with E-state index in [4.69, 9.17) is 9.47 Å². The maximum Gasteiger partial charge on any atom is 0.326 e. The van der Waals surface area contributed by atoms with Crippen molar-refractivity contribution in [2.45, 2.75) is 24.0 Å². The van der Waals surface area contributed by atoms with Crippen LogP contribution in [0.15, 0.2) is 96.3 Å². The third-order valence-corrected chi connectivity index (χ3v) is 8.14. The van der Waals surface area contributed by atoms with Crippen LogP contribution in [-0.4, -0.2) is 68.2 Å². The van der Waals surface area contributed by atoms with Crippen molar-refractivity contribution < 1.29 is 22.7 Å². The van der Waals surface area contributed by atoms with Crippen molar-refractivity contribution in [3.05, 3.63) is 97.0 Å². The molecule has 1 aromatic heterocycles. The zero-order valence-electron chi connectivity index (χ0n) is 22.8. The van der Waals surface area contributed by atoms with Gasteiger partial charge in [0, 0.05) is 37.4 Å². The number of rotatable bonds is 12. The lowest BCUT2D eigenvalue weighted by molar-refractivity contribution is 0.180. The van der Waals surface area contributed by atoms with Gasteiger partial charge in [0.1, 0.15) is 24.4 Å². The first-order valence-corrected chi connectivity index (χ1v) is 14.9. The molecule has 1 aliphatic heterocycles. The molecule has 0 radical (unpaired) electrons. The van der Waals surface area contributed by atoms with E-state index in [1.54, 1.807) is 30.5 Å². The Morgan fingerprint density at radius 3 is 2.37 bits per heavy atom. The Bertz CT molecular complexity index is 1530. The topological polar surface area (TPSA) is 115 Å². The molecule has 0 saturated carbocycles. The van der Waals surface area contributed by atoms with E-state index < -0.39 is 10.0 Å². The molecule has 2 heterocycles. The van der Waals surface area contributed by atoms with E-state index in [-0.39, 0.29) is 17.0 Å². The number of hydrogen-bond acceptors (Lipinski definition) is 7. The quantitative estimate of drug-likeness (QED) is 0.247. The number of likely N-dealkylation sites (N-methyl/N-ethyl adjacent to an activating group) is 1. The third kappa shape index (κ3) is 7.72. The maximum absolute atomic E-state index is 12.5. The van der Waals surface area contributed by atoms with Gasteiger partial charge in [-0.25, -0.2) is 22.9 Å². The fourth-order valence-corrected chi connectivity index (χ4v) is 5.58. The van der Waals surface area contributed by atoms with Gasteiger partial charge in [-0.15, -0.1) is 0 Å². The van der Waals surface area contributed by atoms with Crippen LogP contribution < -0.4 is 19.5 Å². The molecule has 1 fully saturated rings. The predicted octanol–water partition coefficient (Wildman–Crippen LogP) is 3.75. The fraction of sp³-hybridized carbons (Fsp3) is 0.267. The molecule has 0 aliphatic carbocycles. The lowest BCUT2D eigenvalue weighted by Gasteiger charge is -2.36. The summed E-state index contributed by atoms with van der Waals surface area (Å²) in [7, 11) is -1.58. The number of amides is 1. The van der Waals surface area contributed by atoms with Gasteiger partial charge in [0.25, 0.3) is 0 Å². The second kappa shape index (κ2) is 13.0. The molecular weight excluding hydrogens is 542 g/mol. The highest BCUT2D eigenvalue weighted by molar-refractivity contribution is 7.89. The minimum Gasteiger partial charge on any atom is -0.494 e. The largest absolute Gasteiger partial charge is 0.494 e. The average molecular weight is 576 g/mol. The van der Waals surface area contributed by atoms with Gasteiger partial charge in [0.05, 0.1) is 17.2 Å². The Morgan fingerprint density at radius 1 is 0.951 bits per heavy atom. The smallest absolute Gasteiger partial charge is 0.326 e. The maximum atomic E-state index is 12.5. The molecular formula is C30H33N5O5S. The second-order valence-electron chi connectivity index (χ2n) is 9.91. The number of sulfonamides is 1. The number of nitrogens with zero attached hydrogens (tertiary/aromatic N) is 3. The summed E-state index contributed by atoms with van der Waals surface area (Å²) in [6.45, 7) is 2.72. The molecule has 11 heteroatoms. The molecule has 1 aliphatic rings. The van der Waals surface area contributed by atoms with Crippen LogP contribution in [0.25, 0.3) is 11.3 Å². The Kier molecular flexibility index (Phi) is 8.98. The van der Waals surface area contributed by atoms with Crippen LogP contribution in [0.3, 0.4) is 0 Å². The summed E-state index contributed by atoms with van der Waals surface area (Å²) in [5.74, 6) is 1.47. The van der Waals surface area contributed by atoms with Crippen molar-refractivity contribution >= 4 is 16.1 Å². The molecule has 10 nitrogen and oxygen atoms in total. The molecule has 0 bridgehead atoms. The number of likely N-dealkylation sites (tertiary alicyclic amines) is 1. The number of nitrogens with one attached hydrogen (secondary N) is 2. The summed E-state index contributed by atoms with van der Waals surface area (Å²) < 4.78 is 40.7. The fourth-order valence-electron chi connectivity index (χ4n) is 4.36. The first-order valence-electron chi connectivity index (χ1n) is 13.4. The molecule has 4 aromatic rings. The molecule has 1 amide bonds. The summed E-state index contributed by atoms with van der Waals surface area (Å²) in [4.78, 5) is 19.1. The number of benzene rings is 3. The second-order valence-corrected chi connectivity index (χ2v) is 11.6. The highest BCUT2D eigenvalue weighted by Gasteiger charge is 2.28. The minimum atomic E-state index is -3.53. The van der Waals surface area contributed by atoms with Gasteiger partial charge in [-0.3, -0.25) is 4.57 Å². The monoisotopic (exact) mass is 575 g/mol. The van der Waals surface area contributed by atoms with E-state index in [9.17, 15) is 13.2 Å². The molecule has 5 rings (SSSR count). The third-order valence-electron chi connectivity index (χ3n) is 6.60. The van der Waals surface area contributed by atoms with E-state index in [0.29, 0.717) is 50.7 Å². The Morgan fingerprint density at radius 2 is 1.66 bits per heavy atom. The number of para-hydroxylation sites is 1. The van der Waals surface area contributed by atoms with E-state index in [1.807, 2.05) is 61.6 Å². The van der Waals surface area contributed by atoms with Crippen molar-refractivity contribution in [2.75, 3.05) is 33.3 Å². The number of carbonyl (C=O) groups excluding carboxylic acids is 1. The van der Waals surface area contributed by atoms with Gasteiger partial charge >= 0.3 is 6.03 Å². The van der Waals surface area contributed by atoms with Crippen LogP contribution >= 0.6 is 0 Å². The van der Waals surface area contributed by atoms with E-state index in [0.717, 1.165) is 16.9 Å². The minimum absolute atomic E-state index is 0.0437. The van der Waals surface area contributed by atoms with Gasteiger partial charge in [0.2, 0.25) is 10.0 Å². The molecule has 41 heavy (non-hydrogen) atoms. The van der Waals surface area contributed by atoms with Crippen LogP contribution in [0.5, 0.6) is 11.5 Å². The van der Waals surface area contributed by atoms with Crippen molar-refractivity contribution in [3.63, 3.8) is 0 Å². The summed E-state index contributed by atoms with van der Waals surface area (Å²) in [6.07, 6.45) is 3.85. The Labute approximate surface area is 240 Å². The lowest BCUT2D eigenvalue weighted by Crippen LogP contribution is -2.57. The van der Waals surface area contributed by atoms with Gasteiger partial charge in [0.15, 0.2) is 0 Å². The van der Waals surface area contributed by atoms with Crippen LogP contribution in [0, 0.1) is 0 Å². The molecule has 3 aromatic carbocycles. The number of ether oxygens (including phenoxy) is 2. The average Bonchev–Trinajstić information content (AvgIpc) is 3.47. The zero-order chi connectivity index (χ0) is 28.7. The van der Waals surface area contributed by atoms with Gasteiger partial charge < -0.3 is 19.7 Å². The van der Waals surface area contributed by atoms with Crippen LogP contribution in [-0.2, 0) is 16.6 Å². The predicted molar refractivity (Wildman–Crippen MR) is 155 cm³/mol. The van der Waals surface area contributed by atoms with Crippen molar-refractivity contribution in [2.24, 2.45) is 0 Å². The molecule has 2 N–H and O–H groups in total. The number of carbonyl (C=O) groups is 1. The van der Waals surface area contributed by atoms with Crippen molar-refractivity contribution in [1.82, 2.24) is 24.5 Å². The normalized spacial score (nSPS) is 13.9. The SMILES string of the molecule is CN1CC(NS(=O)(=O)c2ccc(COc3ccc(-c4cn(C(=O)NCCCOc5ccccc5)cn4)cc3)cc2)C1. The van der Waals surface area contributed by atoms with Crippen LogP contribution in [0.4, 0.5) is 4.79 Å². The van der Waals surface area contributed by atoms with Crippen molar-refractivity contribution in [3.8, 4) is 22.8 Å². The van der Waals surface area contributed by atoms with Gasteiger partial charge in [-0.05, 0) is 67.6 Å². The molecule has 0 unspecified atom stereocenters. The van der Waals surface area contributed by atoms with Crippen LogP contribution in [0.1, 0.15) is 12.0 Å². The zero-order valence-corrected chi connectivity index (χ0v) is 23.6. The summed E-state index contributed by atoms with van der Waals surface area (Å²) in [5.41, 5.74) is 2.37. The molecule has 214 valence electrons. The van der Waals surface area contributed by atoms with Gasteiger partial charge in [-0.2, -0.15) is 0 Å². The Hall–Kier alpha value is -4.19. The molecule has 1 saturated heterocycles. The summed E-state index contributed by atoms with van der Waals surface area (Å²) in [6, 6.07) is 23.4. The van der Waals surface area contributed by atoms with Crippen LogP contribution in [0.2, 0.25) is 0 Å². The standard InChI is InChI=1S/C30H33N5O5S/c1-34-18-25(19-34)33-41(37,38)28-14-8-23(9-15-28)21-40-27-12-10-24(11-13-27)29-20-35(22-32-29)30(36)31-16-5-17-39-26-6-3-2-4-7-26/h2-4,6-15,20,22,25,33H,5,16-19,21H2,1H3,(H,31,36). The van der Waals surface area contributed by atoms with E-state index in [1.165, 1.54) is 10.9 Å².